The molecular formula is C24H26FN5O4. The van der Waals surface area contributed by atoms with Crippen molar-refractivity contribution in [1.29, 1.82) is 0 Å². The van der Waals surface area contributed by atoms with Crippen molar-refractivity contribution >= 4 is 28.2 Å². The molecule has 3 unspecified atom stereocenters. The molecule has 5 rings (SSSR count). The van der Waals surface area contributed by atoms with Crippen LogP contribution in [0.4, 0.5) is 20.6 Å². The Labute approximate surface area is 195 Å². The second kappa shape index (κ2) is 7.98. The second-order valence-corrected chi connectivity index (χ2v) is 9.14. The number of anilines is 2. The van der Waals surface area contributed by atoms with Gasteiger partial charge in [0.2, 0.25) is 11.8 Å². The number of nitrogens with two attached hydrogens (primary N) is 1. The standard InChI is InChI=1S/C24H26FN5O4/c1-11-15(9-29-22-21(11)27-4-5-33-22)14-6-13-7-18(28-10-16(13)20(26)19(14)25)34-23(31)30-17-8-24(3,32)12(17)2/h6-7,9-10,12,17,27,32H,4-5,8,26H2,1-3H3,(H,30,31). The van der Waals surface area contributed by atoms with Crippen LogP contribution in [-0.4, -0.2) is 46.0 Å². The number of carbonyl (C=O) groups is 1. The monoisotopic (exact) mass is 467 g/mol. The highest BCUT2D eigenvalue weighted by atomic mass is 19.1. The van der Waals surface area contributed by atoms with Gasteiger partial charge in [0.15, 0.2) is 5.82 Å². The molecule has 1 amide bonds. The summed E-state index contributed by atoms with van der Waals surface area (Å²) < 4.78 is 26.2. The Kier molecular flexibility index (Phi) is 5.20. The number of nitrogens with zero attached hydrogens (tertiary/aromatic N) is 2. The zero-order valence-electron chi connectivity index (χ0n) is 19.1. The Morgan fingerprint density at radius 1 is 1.35 bits per heavy atom. The maximum Gasteiger partial charge on any atom is 0.414 e. The van der Waals surface area contributed by atoms with Gasteiger partial charge in [0, 0.05) is 53.5 Å². The highest BCUT2D eigenvalue weighted by Crippen LogP contribution is 2.40. The molecule has 1 aromatic carbocycles. The van der Waals surface area contributed by atoms with Crippen LogP contribution in [0.1, 0.15) is 25.8 Å². The molecular weight excluding hydrogens is 441 g/mol. The third-order valence-electron chi connectivity index (χ3n) is 6.93. The fraction of sp³-hybridized carbons (Fsp3) is 0.375. The van der Waals surface area contributed by atoms with Crippen LogP contribution in [0.25, 0.3) is 21.9 Å². The SMILES string of the molecule is Cc1c(-c2cc3cc(OC(=O)NC4CC(C)(O)C4C)ncc3c(N)c2F)cnc2c1NCCO2. The minimum Gasteiger partial charge on any atom is -0.474 e. The maximum atomic E-state index is 15.3. The number of nitrogens with one attached hydrogen (secondary N) is 2. The van der Waals surface area contributed by atoms with Gasteiger partial charge in [-0.1, -0.05) is 6.92 Å². The zero-order chi connectivity index (χ0) is 24.2. The van der Waals surface area contributed by atoms with Gasteiger partial charge in [0.05, 0.1) is 11.3 Å². The zero-order valence-corrected chi connectivity index (χ0v) is 19.1. The van der Waals surface area contributed by atoms with E-state index in [1.165, 1.54) is 12.3 Å². The first-order chi connectivity index (χ1) is 16.2. The number of nitrogen functional groups attached to an aromatic ring is 1. The Hall–Kier alpha value is -3.66. The van der Waals surface area contributed by atoms with E-state index >= 15 is 4.39 Å². The van der Waals surface area contributed by atoms with E-state index in [4.69, 9.17) is 15.2 Å². The van der Waals surface area contributed by atoms with Gasteiger partial charge in [0.25, 0.3) is 0 Å². The minimum absolute atomic E-state index is 0.0519. The number of pyridine rings is 2. The summed E-state index contributed by atoms with van der Waals surface area (Å²) in [5.74, 6) is -0.137. The number of hydrogen-bond donors (Lipinski definition) is 4. The Balaban J connectivity index is 1.45. The number of aromatic nitrogens is 2. The first kappa shape index (κ1) is 22.1. The van der Waals surface area contributed by atoms with Crippen LogP contribution < -0.4 is 25.8 Å². The van der Waals surface area contributed by atoms with Crippen molar-refractivity contribution in [2.75, 3.05) is 24.2 Å². The molecule has 1 fully saturated rings. The smallest absolute Gasteiger partial charge is 0.414 e. The van der Waals surface area contributed by atoms with E-state index in [0.717, 1.165) is 11.3 Å². The molecule has 10 heteroatoms. The fourth-order valence-electron chi connectivity index (χ4n) is 4.55. The van der Waals surface area contributed by atoms with E-state index < -0.39 is 17.5 Å². The summed E-state index contributed by atoms with van der Waals surface area (Å²) in [5.41, 5.74) is 7.62. The summed E-state index contributed by atoms with van der Waals surface area (Å²) in [6.07, 6.45) is 2.72. The summed E-state index contributed by atoms with van der Waals surface area (Å²) in [5, 5.41) is 17.0. The molecule has 3 aromatic rings. The number of hydrogen-bond acceptors (Lipinski definition) is 8. The Morgan fingerprint density at radius 3 is 2.88 bits per heavy atom. The lowest BCUT2D eigenvalue weighted by Gasteiger charge is -2.47. The van der Waals surface area contributed by atoms with Crippen molar-refractivity contribution in [1.82, 2.24) is 15.3 Å². The predicted molar refractivity (Wildman–Crippen MR) is 125 cm³/mol. The average molecular weight is 468 g/mol. The molecule has 34 heavy (non-hydrogen) atoms. The minimum atomic E-state index is -0.803. The molecule has 1 aliphatic carbocycles. The summed E-state index contributed by atoms with van der Waals surface area (Å²) in [6, 6.07) is 2.99. The third kappa shape index (κ3) is 3.63. The molecule has 0 spiro atoms. The first-order valence-corrected chi connectivity index (χ1v) is 11.1. The number of carbonyl (C=O) groups excluding carboxylic acids is 1. The van der Waals surface area contributed by atoms with Gasteiger partial charge in [-0.2, -0.15) is 0 Å². The van der Waals surface area contributed by atoms with Crippen molar-refractivity contribution in [3.63, 3.8) is 0 Å². The third-order valence-corrected chi connectivity index (χ3v) is 6.93. The maximum absolute atomic E-state index is 15.3. The van der Waals surface area contributed by atoms with Gasteiger partial charge in [-0.25, -0.2) is 19.2 Å². The van der Waals surface area contributed by atoms with Gasteiger partial charge in [-0.3, -0.25) is 0 Å². The number of fused-ring (bicyclic) bond motifs is 2. The molecule has 3 atom stereocenters. The molecule has 2 aliphatic rings. The van der Waals surface area contributed by atoms with Crippen molar-refractivity contribution in [3.8, 4) is 22.9 Å². The van der Waals surface area contributed by atoms with E-state index in [9.17, 15) is 9.90 Å². The Bertz CT molecular complexity index is 1310. The number of halogens is 1. The normalized spacial score (nSPS) is 23.3. The van der Waals surface area contributed by atoms with E-state index in [1.807, 2.05) is 13.8 Å². The summed E-state index contributed by atoms with van der Waals surface area (Å²) in [4.78, 5) is 20.8. The largest absolute Gasteiger partial charge is 0.474 e. The number of aliphatic hydroxyl groups is 1. The molecule has 3 heterocycles. The van der Waals surface area contributed by atoms with Gasteiger partial charge >= 0.3 is 6.09 Å². The van der Waals surface area contributed by atoms with Crippen LogP contribution in [-0.2, 0) is 0 Å². The van der Waals surface area contributed by atoms with E-state index in [0.29, 0.717) is 41.8 Å². The second-order valence-electron chi connectivity index (χ2n) is 9.14. The van der Waals surface area contributed by atoms with Crippen LogP contribution in [0, 0.1) is 18.7 Å². The molecule has 5 N–H and O–H groups in total. The average Bonchev–Trinajstić information content (AvgIpc) is 2.81. The van der Waals surface area contributed by atoms with Crippen LogP contribution >= 0.6 is 0 Å². The van der Waals surface area contributed by atoms with Crippen LogP contribution in [0.2, 0.25) is 0 Å². The summed E-state index contributed by atoms with van der Waals surface area (Å²) in [6.45, 7) is 6.60. The van der Waals surface area contributed by atoms with Gasteiger partial charge in [0.1, 0.15) is 12.3 Å². The summed E-state index contributed by atoms with van der Waals surface area (Å²) in [7, 11) is 0. The number of benzene rings is 1. The van der Waals surface area contributed by atoms with E-state index in [1.54, 1.807) is 19.2 Å². The lowest BCUT2D eigenvalue weighted by Crippen LogP contribution is -2.61. The molecule has 9 nitrogen and oxygen atoms in total. The number of ether oxygens (including phenoxy) is 2. The molecule has 1 aliphatic heterocycles. The van der Waals surface area contributed by atoms with Crippen molar-refractivity contribution in [2.24, 2.45) is 5.92 Å². The van der Waals surface area contributed by atoms with Crippen LogP contribution in [0.3, 0.4) is 0 Å². The van der Waals surface area contributed by atoms with Gasteiger partial charge in [-0.15, -0.1) is 0 Å². The van der Waals surface area contributed by atoms with Crippen molar-refractivity contribution in [2.45, 2.75) is 38.8 Å². The summed E-state index contributed by atoms with van der Waals surface area (Å²) >= 11 is 0. The van der Waals surface area contributed by atoms with E-state index in [2.05, 4.69) is 20.6 Å². The molecule has 2 aromatic heterocycles. The molecule has 0 radical (unpaired) electrons. The fourth-order valence-corrected chi connectivity index (χ4v) is 4.55. The predicted octanol–water partition coefficient (Wildman–Crippen LogP) is 3.38. The lowest BCUT2D eigenvalue weighted by molar-refractivity contribution is -0.0923. The van der Waals surface area contributed by atoms with Gasteiger partial charge < -0.3 is 30.9 Å². The molecule has 0 bridgehead atoms. The lowest BCUT2D eigenvalue weighted by atomic mass is 9.67. The van der Waals surface area contributed by atoms with Crippen LogP contribution in [0.5, 0.6) is 11.8 Å². The van der Waals surface area contributed by atoms with Crippen LogP contribution in [0.15, 0.2) is 24.5 Å². The van der Waals surface area contributed by atoms with Crippen molar-refractivity contribution < 1.29 is 23.8 Å². The van der Waals surface area contributed by atoms with Gasteiger partial charge in [-0.05, 0) is 37.3 Å². The first-order valence-electron chi connectivity index (χ1n) is 11.1. The molecule has 1 saturated carbocycles. The number of amides is 1. The topological polar surface area (TPSA) is 132 Å². The quantitative estimate of drug-likeness (QED) is 0.431. The Morgan fingerprint density at radius 2 is 2.15 bits per heavy atom. The number of rotatable bonds is 3. The highest BCUT2D eigenvalue weighted by molar-refractivity contribution is 5.98. The van der Waals surface area contributed by atoms with Crippen molar-refractivity contribution in [3.05, 3.63) is 35.9 Å². The highest BCUT2D eigenvalue weighted by Gasteiger charge is 2.47. The molecule has 0 saturated heterocycles. The molecule has 178 valence electrons. The van der Waals surface area contributed by atoms with E-state index in [-0.39, 0.29) is 29.1 Å².